The number of aryl methyl sites for hydroxylation is 1. The van der Waals surface area contributed by atoms with E-state index in [4.69, 9.17) is 4.74 Å². The smallest absolute Gasteiger partial charge is 0.197 e. The van der Waals surface area contributed by atoms with Crippen molar-refractivity contribution in [1.29, 1.82) is 0 Å². The Labute approximate surface area is 373 Å². The van der Waals surface area contributed by atoms with E-state index in [1.165, 1.54) is 55.1 Å². The van der Waals surface area contributed by atoms with Crippen molar-refractivity contribution in [3.63, 3.8) is 0 Å². The highest BCUT2D eigenvalue weighted by molar-refractivity contribution is 6.74. The molecule has 3 aliphatic heterocycles. The average molecular weight is 822 g/mol. The molecule has 1 aromatic heterocycles. The fourth-order valence-electron chi connectivity index (χ4n) is 10.6. The lowest BCUT2D eigenvalue weighted by Gasteiger charge is -2.38. The first-order chi connectivity index (χ1) is 31.4. The van der Waals surface area contributed by atoms with Crippen LogP contribution in [0.25, 0.3) is 38.6 Å². The quantitative estimate of drug-likeness (QED) is 0.162. The first-order valence-corrected chi connectivity index (χ1v) is 22.1. The summed E-state index contributed by atoms with van der Waals surface area (Å²) in [4.78, 5) is 4.79. The van der Waals surface area contributed by atoms with Gasteiger partial charge in [0.1, 0.15) is 0 Å². The summed E-state index contributed by atoms with van der Waals surface area (Å²) in [6.07, 6.45) is 0. The zero-order valence-electron chi connectivity index (χ0n) is 35.8. The third kappa shape index (κ3) is 5.32. The molecule has 303 valence electrons. The number of rotatable bonds is 7. The molecule has 0 saturated heterocycles. The van der Waals surface area contributed by atoms with E-state index in [9.17, 15) is 0 Å². The van der Waals surface area contributed by atoms with Crippen LogP contribution in [0.3, 0.4) is 0 Å². The fourth-order valence-corrected chi connectivity index (χ4v) is 10.6. The van der Waals surface area contributed by atoms with Crippen LogP contribution in [-0.2, 0) is 5.41 Å². The van der Waals surface area contributed by atoms with Gasteiger partial charge in [0.25, 0.3) is 0 Å². The van der Waals surface area contributed by atoms with Crippen LogP contribution in [0, 0.1) is 6.92 Å². The highest BCUT2D eigenvalue weighted by Crippen LogP contribution is 2.56. The highest BCUT2D eigenvalue weighted by atomic mass is 16.5. The Morgan fingerprint density at radius 1 is 0.547 bits per heavy atom. The van der Waals surface area contributed by atoms with Crippen LogP contribution in [0.5, 0.6) is 11.5 Å². The molecule has 64 heavy (non-hydrogen) atoms. The van der Waals surface area contributed by atoms with Gasteiger partial charge in [-0.15, -0.1) is 0 Å². The van der Waals surface area contributed by atoms with Crippen LogP contribution >= 0.6 is 0 Å². The average Bonchev–Trinajstić information content (AvgIpc) is 3.69. The van der Waals surface area contributed by atoms with Gasteiger partial charge in [-0.25, -0.2) is 0 Å². The van der Waals surface area contributed by atoms with E-state index in [2.05, 4.69) is 242 Å². The van der Waals surface area contributed by atoms with Crippen LogP contribution in [0.15, 0.2) is 194 Å². The molecule has 0 bridgehead atoms. The van der Waals surface area contributed by atoms with Crippen molar-refractivity contribution in [2.75, 3.05) is 15.1 Å². The molecule has 1 N–H and O–H groups in total. The molecular formula is C58H42BN4O. The van der Waals surface area contributed by atoms with Gasteiger partial charge in [0.05, 0.1) is 28.1 Å². The molecule has 3 aliphatic rings. The van der Waals surface area contributed by atoms with Crippen molar-refractivity contribution in [2.45, 2.75) is 26.2 Å². The lowest BCUT2D eigenvalue weighted by molar-refractivity contribution is 0.477. The SMILES string of the molecule is Cc1ccc(Nc2ccc(N(c3ccccc3)c3ccccc3)cc2-c2cc(N3c4ccccc4Oc4ccccc43)c3c4cccc5c4n4c3c2[B]c2cccc(c2-4)C5(C)C)cc1. The molecule has 0 unspecified atom stereocenters. The summed E-state index contributed by atoms with van der Waals surface area (Å²) in [6, 6.07) is 70.0. The number of nitrogens with zero attached hydrogens (tertiary/aromatic N) is 3. The van der Waals surface area contributed by atoms with Crippen LogP contribution < -0.4 is 30.8 Å². The van der Waals surface area contributed by atoms with E-state index in [0.29, 0.717) is 0 Å². The summed E-state index contributed by atoms with van der Waals surface area (Å²) < 4.78 is 9.26. The van der Waals surface area contributed by atoms with E-state index in [1.807, 2.05) is 0 Å². The Hall–Kier alpha value is -7.96. The maximum absolute atomic E-state index is 6.66. The minimum absolute atomic E-state index is 0.209. The molecule has 0 aliphatic carbocycles. The Balaban J connectivity index is 1.18. The number of fused-ring (bicyclic) bond motifs is 3. The van der Waals surface area contributed by atoms with Gasteiger partial charge < -0.3 is 24.4 Å². The fraction of sp³-hybridized carbons (Fsp3) is 0.0690. The van der Waals surface area contributed by atoms with Crippen LogP contribution in [-0.4, -0.2) is 11.8 Å². The van der Waals surface area contributed by atoms with E-state index in [-0.39, 0.29) is 5.41 Å². The van der Waals surface area contributed by atoms with E-state index >= 15 is 0 Å². The molecule has 0 atom stereocenters. The molecule has 13 rings (SSSR count). The molecule has 5 nitrogen and oxygen atoms in total. The van der Waals surface area contributed by atoms with Crippen LogP contribution in [0.2, 0.25) is 0 Å². The standard InChI is InChI=1S/C58H42BN4O/c1-36-28-30-37(31-29-36)60-47-33-32-40(61(38-16-6-4-7-17-38)39-18-8-5-9-19-39)34-42(47)43-35-50(62-48-24-10-12-26-51(48)64-52-27-13-11-25-49(52)62)53-41-20-14-21-44-55(41)63-56-45(58(44,2)3)22-15-23-46(56)59-54(43)57(53)63/h4-35,60H,1-3H3. The predicted molar refractivity (Wildman–Crippen MR) is 267 cm³/mol. The summed E-state index contributed by atoms with van der Waals surface area (Å²) in [6.45, 7) is 6.90. The summed E-state index contributed by atoms with van der Waals surface area (Å²) in [5.74, 6) is 1.65. The number of hydrogen-bond donors (Lipinski definition) is 1. The minimum atomic E-state index is -0.209. The maximum atomic E-state index is 6.66. The van der Waals surface area contributed by atoms with E-state index in [0.717, 1.165) is 68.1 Å². The third-order valence-corrected chi connectivity index (χ3v) is 13.6. The van der Waals surface area contributed by atoms with Crippen molar-refractivity contribution >= 4 is 85.5 Å². The lowest BCUT2D eigenvalue weighted by atomic mass is 9.57. The Morgan fingerprint density at radius 2 is 1.19 bits per heavy atom. The van der Waals surface area contributed by atoms with Crippen LogP contribution in [0.1, 0.15) is 30.5 Å². The van der Waals surface area contributed by atoms with Gasteiger partial charge >= 0.3 is 0 Å². The van der Waals surface area contributed by atoms with Gasteiger partial charge in [0, 0.05) is 55.9 Å². The monoisotopic (exact) mass is 821 g/mol. The molecule has 0 spiro atoms. The van der Waals surface area contributed by atoms with Gasteiger partial charge in [-0.05, 0) is 114 Å². The van der Waals surface area contributed by atoms with Crippen molar-refractivity contribution in [2.24, 2.45) is 0 Å². The minimum Gasteiger partial charge on any atom is -0.453 e. The number of nitrogens with one attached hydrogen (secondary N) is 1. The number of hydrogen-bond acceptors (Lipinski definition) is 4. The number of benzene rings is 9. The summed E-state index contributed by atoms with van der Waals surface area (Å²) in [5.41, 5.74) is 20.4. The maximum Gasteiger partial charge on any atom is 0.197 e. The zero-order valence-corrected chi connectivity index (χ0v) is 35.8. The van der Waals surface area contributed by atoms with Gasteiger partial charge in [0.15, 0.2) is 18.8 Å². The van der Waals surface area contributed by atoms with Gasteiger partial charge in [-0.1, -0.05) is 134 Å². The van der Waals surface area contributed by atoms with Gasteiger partial charge in [0.2, 0.25) is 0 Å². The molecule has 1 radical (unpaired) electrons. The Kier molecular flexibility index (Phi) is 7.89. The topological polar surface area (TPSA) is 32.7 Å². The van der Waals surface area contributed by atoms with Gasteiger partial charge in [-0.2, -0.15) is 0 Å². The highest BCUT2D eigenvalue weighted by Gasteiger charge is 2.41. The zero-order chi connectivity index (χ0) is 42.7. The Morgan fingerprint density at radius 3 is 1.89 bits per heavy atom. The van der Waals surface area contributed by atoms with E-state index < -0.39 is 0 Å². The number of aromatic nitrogens is 1. The molecule has 4 heterocycles. The number of anilines is 8. The molecule has 0 fully saturated rings. The molecule has 9 aromatic carbocycles. The van der Waals surface area contributed by atoms with Crippen LogP contribution in [0.4, 0.5) is 45.5 Å². The van der Waals surface area contributed by atoms with Crippen molar-refractivity contribution in [3.8, 4) is 28.3 Å². The van der Waals surface area contributed by atoms with Crippen molar-refractivity contribution in [3.05, 3.63) is 211 Å². The first kappa shape index (κ1) is 36.7. The first-order valence-electron chi connectivity index (χ1n) is 22.1. The number of ether oxygens (including phenoxy) is 1. The lowest BCUT2D eigenvalue weighted by Crippen LogP contribution is -2.41. The molecule has 10 aromatic rings. The second-order valence-electron chi connectivity index (χ2n) is 17.7. The summed E-state index contributed by atoms with van der Waals surface area (Å²) >= 11 is 0. The van der Waals surface area contributed by atoms with Crippen molar-refractivity contribution in [1.82, 2.24) is 4.57 Å². The predicted octanol–water partition coefficient (Wildman–Crippen LogP) is 14.2. The molecular weight excluding hydrogens is 779 g/mol. The summed E-state index contributed by atoms with van der Waals surface area (Å²) in [7, 11) is 2.45. The Bertz CT molecular complexity index is 3440. The summed E-state index contributed by atoms with van der Waals surface area (Å²) in [5, 5.41) is 6.37. The third-order valence-electron chi connectivity index (χ3n) is 13.6. The second-order valence-corrected chi connectivity index (χ2v) is 17.7. The van der Waals surface area contributed by atoms with E-state index in [1.54, 1.807) is 0 Å². The second kappa shape index (κ2) is 13.8. The number of para-hydroxylation sites is 8. The largest absolute Gasteiger partial charge is 0.453 e. The molecule has 0 saturated carbocycles. The molecule has 0 amide bonds. The van der Waals surface area contributed by atoms with Crippen molar-refractivity contribution < 1.29 is 4.74 Å². The normalized spacial score (nSPS) is 13.6. The molecule has 6 heteroatoms. The van der Waals surface area contributed by atoms with Gasteiger partial charge in [-0.3, -0.25) is 0 Å².